The second kappa shape index (κ2) is 5.18. The first-order valence-electron chi connectivity index (χ1n) is 5.25. The van der Waals surface area contributed by atoms with E-state index in [2.05, 4.69) is 31.3 Å². The van der Waals surface area contributed by atoms with Crippen molar-refractivity contribution in [3.05, 3.63) is 34.8 Å². The lowest BCUT2D eigenvalue weighted by molar-refractivity contribution is -0.116. The number of amides is 1. The number of halogens is 1. The van der Waals surface area contributed by atoms with E-state index in [0.29, 0.717) is 11.4 Å². The Morgan fingerprint density at radius 2 is 2.33 bits per heavy atom. The quantitative estimate of drug-likeness (QED) is 0.843. The molecule has 0 radical (unpaired) electrons. The molecule has 1 amide bonds. The van der Waals surface area contributed by atoms with Gasteiger partial charge >= 0.3 is 0 Å². The van der Waals surface area contributed by atoms with Crippen molar-refractivity contribution in [2.45, 2.75) is 13.5 Å². The average Bonchev–Trinajstić information content (AvgIpc) is 2.68. The van der Waals surface area contributed by atoms with Crippen LogP contribution in [-0.4, -0.2) is 20.7 Å². The van der Waals surface area contributed by atoms with Crippen molar-refractivity contribution in [2.24, 2.45) is 0 Å². The van der Waals surface area contributed by atoms with Crippen LogP contribution in [0.3, 0.4) is 0 Å². The van der Waals surface area contributed by atoms with E-state index < -0.39 is 0 Å². The number of aromatic nitrogens is 3. The highest BCUT2D eigenvalue weighted by Gasteiger charge is 2.07. The summed E-state index contributed by atoms with van der Waals surface area (Å²) in [5, 5.41) is 6.71. The molecular weight excluding hydrogens is 298 g/mol. The molecule has 2 aromatic rings. The fraction of sp³-hybridized carbons (Fsp3) is 0.182. The van der Waals surface area contributed by atoms with Crippen LogP contribution in [0.4, 0.5) is 11.4 Å². The number of anilines is 2. The van der Waals surface area contributed by atoms with Gasteiger partial charge in [-0.25, -0.2) is 4.98 Å². The Bertz CT molecular complexity index is 581. The fourth-order valence-corrected chi connectivity index (χ4v) is 1.86. The van der Waals surface area contributed by atoms with Crippen molar-refractivity contribution in [3.63, 3.8) is 0 Å². The molecule has 0 saturated carbocycles. The van der Waals surface area contributed by atoms with Gasteiger partial charge in [-0.2, -0.15) is 5.10 Å². The van der Waals surface area contributed by atoms with Gasteiger partial charge in [-0.3, -0.25) is 9.48 Å². The number of hydrogen-bond donors (Lipinski definition) is 2. The Balaban J connectivity index is 2.03. The highest BCUT2D eigenvalue weighted by Crippen LogP contribution is 2.16. The molecule has 0 aliphatic rings. The van der Waals surface area contributed by atoms with E-state index in [9.17, 15) is 4.79 Å². The molecule has 2 heterocycles. The molecular formula is C11H12BrN5O. The largest absolute Gasteiger partial charge is 0.396 e. The standard InChI is InChI=1S/C11H12BrN5O/c1-7-9(2-3-10(12)15-7)16-11(18)6-17-5-8(13)4-14-17/h2-5H,6,13H2,1H3,(H,16,18). The van der Waals surface area contributed by atoms with Crippen molar-refractivity contribution >= 4 is 33.2 Å². The molecule has 94 valence electrons. The summed E-state index contributed by atoms with van der Waals surface area (Å²) in [6, 6.07) is 3.57. The number of carbonyl (C=O) groups is 1. The molecule has 0 spiro atoms. The molecule has 7 heteroatoms. The van der Waals surface area contributed by atoms with Gasteiger partial charge in [-0.15, -0.1) is 0 Å². The molecule has 6 nitrogen and oxygen atoms in total. The first-order valence-corrected chi connectivity index (χ1v) is 6.05. The summed E-state index contributed by atoms with van der Waals surface area (Å²) in [7, 11) is 0. The Kier molecular flexibility index (Phi) is 3.61. The van der Waals surface area contributed by atoms with Gasteiger partial charge in [0.2, 0.25) is 5.91 Å². The minimum Gasteiger partial charge on any atom is -0.396 e. The Morgan fingerprint density at radius 1 is 1.56 bits per heavy atom. The van der Waals surface area contributed by atoms with Crippen molar-refractivity contribution < 1.29 is 4.79 Å². The first-order chi connectivity index (χ1) is 8.54. The maximum Gasteiger partial charge on any atom is 0.246 e. The normalized spacial score (nSPS) is 10.3. The summed E-state index contributed by atoms with van der Waals surface area (Å²) >= 11 is 3.27. The second-order valence-electron chi connectivity index (χ2n) is 3.79. The third kappa shape index (κ3) is 3.07. The molecule has 0 aromatic carbocycles. The predicted molar refractivity (Wildman–Crippen MR) is 71.9 cm³/mol. The molecule has 3 N–H and O–H groups in total. The third-order valence-corrected chi connectivity index (χ3v) is 2.73. The van der Waals surface area contributed by atoms with Gasteiger partial charge in [-0.05, 0) is 35.0 Å². The van der Waals surface area contributed by atoms with Crippen LogP contribution in [0.2, 0.25) is 0 Å². The van der Waals surface area contributed by atoms with E-state index in [1.807, 2.05) is 6.92 Å². The smallest absolute Gasteiger partial charge is 0.246 e. The highest BCUT2D eigenvalue weighted by molar-refractivity contribution is 9.10. The molecule has 2 aromatic heterocycles. The van der Waals surface area contributed by atoms with Crippen molar-refractivity contribution in [1.29, 1.82) is 0 Å². The van der Waals surface area contributed by atoms with Crippen LogP contribution in [-0.2, 0) is 11.3 Å². The molecule has 0 saturated heterocycles. The number of hydrogen-bond acceptors (Lipinski definition) is 4. The number of nitrogens with one attached hydrogen (secondary N) is 1. The maximum absolute atomic E-state index is 11.8. The monoisotopic (exact) mass is 309 g/mol. The summed E-state index contributed by atoms with van der Waals surface area (Å²) in [6.45, 7) is 1.94. The van der Waals surface area contributed by atoms with Crippen LogP contribution in [0.5, 0.6) is 0 Å². The zero-order valence-electron chi connectivity index (χ0n) is 9.72. The van der Waals surface area contributed by atoms with Crippen molar-refractivity contribution in [2.75, 3.05) is 11.1 Å². The van der Waals surface area contributed by atoms with Crippen molar-refractivity contribution in [3.8, 4) is 0 Å². The van der Waals surface area contributed by atoms with Crippen LogP contribution in [0.15, 0.2) is 29.1 Å². The number of carbonyl (C=O) groups excluding carboxylic acids is 1. The van der Waals surface area contributed by atoms with Gasteiger partial charge < -0.3 is 11.1 Å². The molecule has 18 heavy (non-hydrogen) atoms. The lowest BCUT2D eigenvalue weighted by Crippen LogP contribution is -2.19. The van der Waals surface area contributed by atoms with Gasteiger partial charge in [0.25, 0.3) is 0 Å². The molecule has 0 aliphatic carbocycles. The van der Waals surface area contributed by atoms with Crippen LogP contribution < -0.4 is 11.1 Å². The van der Waals surface area contributed by atoms with Gasteiger partial charge in [0, 0.05) is 6.20 Å². The Morgan fingerprint density at radius 3 is 2.94 bits per heavy atom. The number of nitrogens with two attached hydrogens (primary N) is 1. The van der Waals surface area contributed by atoms with Crippen LogP contribution >= 0.6 is 15.9 Å². The molecule has 0 atom stereocenters. The van der Waals surface area contributed by atoms with Crippen LogP contribution in [0.1, 0.15) is 5.69 Å². The third-order valence-electron chi connectivity index (χ3n) is 2.28. The minimum absolute atomic E-state index is 0.118. The molecule has 2 rings (SSSR count). The Labute approximate surface area is 112 Å². The molecule has 0 aliphatic heterocycles. The van der Waals surface area contributed by atoms with Gasteiger partial charge in [0.15, 0.2) is 0 Å². The highest BCUT2D eigenvalue weighted by atomic mass is 79.9. The Hall–Kier alpha value is -1.89. The van der Waals surface area contributed by atoms with E-state index in [1.165, 1.54) is 10.9 Å². The number of rotatable bonds is 3. The summed E-state index contributed by atoms with van der Waals surface area (Å²) in [5.41, 5.74) is 7.48. The minimum atomic E-state index is -0.176. The van der Waals surface area contributed by atoms with E-state index in [4.69, 9.17) is 5.73 Å². The number of nitrogen functional groups attached to an aromatic ring is 1. The molecule has 0 unspecified atom stereocenters. The summed E-state index contributed by atoms with van der Waals surface area (Å²) < 4.78 is 2.21. The van der Waals surface area contributed by atoms with E-state index in [1.54, 1.807) is 18.3 Å². The number of pyridine rings is 1. The maximum atomic E-state index is 11.8. The lowest BCUT2D eigenvalue weighted by Gasteiger charge is -2.07. The van der Waals surface area contributed by atoms with Crippen LogP contribution in [0, 0.1) is 6.92 Å². The average molecular weight is 310 g/mol. The zero-order valence-corrected chi connectivity index (χ0v) is 11.3. The fourth-order valence-electron chi connectivity index (χ4n) is 1.47. The SMILES string of the molecule is Cc1nc(Br)ccc1NC(=O)Cn1cc(N)cn1. The number of aryl methyl sites for hydroxylation is 1. The molecule has 0 fully saturated rings. The zero-order chi connectivity index (χ0) is 13.1. The van der Waals surface area contributed by atoms with Crippen molar-refractivity contribution in [1.82, 2.24) is 14.8 Å². The van der Waals surface area contributed by atoms with E-state index in [-0.39, 0.29) is 12.5 Å². The summed E-state index contributed by atoms with van der Waals surface area (Å²) in [6.07, 6.45) is 3.10. The van der Waals surface area contributed by atoms with Gasteiger partial charge in [0.1, 0.15) is 11.1 Å². The second-order valence-corrected chi connectivity index (χ2v) is 4.60. The van der Waals surface area contributed by atoms with E-state index >= 15 is 0 Å². The summed E-state index contributed by atoms with van der Waals surface area (Å²) in [4.78, 5) is 16.0. The topological polar surface area (TPSA) is 85.8 Å². The van der Waals surface area contributed by atoms with E-state index in [0.717, 1.165) is 10.3 Å². The van der Waals surface area contributed by atoms with Crippen LogP contribution in [0.25, 0.3) is 0 Å². The van der Waals surface area contributed by atoms with Gasteiger partial charge in [-0.1, -0.05) is 0 Å². The summed E-state index contributed by atoms with van der Waals surface area (Å²) in [5.74, 6) is -0.176. The molecule has 0 bridgehead atoms. The van der Waals surface area contributed by atoms with Gasteiger partial charge in [0.05, 0.1) is 23.3 Å². The lowest BCUT2D eigenvalue weighted by atomic mass is 10.3. The predicted octanol–water partition coefficient (Wildman–Crippen LogP) is 1.57. The first kappa shape index (κ1) is 12.6. The number of nitrogens with zero attached hydrogens (tertiary/aromatic N) is 3.